The van der Waals surface area contributed by atoms with Crippen molar-refractivity contribution < 1.29 is 10.2 Å². The molecule has 2 N–H and O–H groups in total. The van der Waals surface area contributed by atoms with Gasteiger partial charge in [-0.25, -0.2) is 0 Å². The molecule has 4 aromatic carbocycles. The highest BCUT2D eigenvalue weighted by atomic mass is 35.5. The highest BCUT2D eigenvalue weighted by Gasteiger charge is 2.06. The average molecular weight is 475 g/mol. The lowest BCUT2D eigenvalue weighted by Gasteiger charge is -2.07. The topological polar surface area (TPSA) is 65.2 Å². The average Bonchev–Trinajstić information content (AvgIpc) is 2.80. The minimum absolute atomic E-state index is 0.143. The van der Waals surface area contributed by atoms with E-state index in [1.54, 1.807) is 48.8 Å². The molecule has 0 bridgehead atoms. The Morgan fingerprint density at radius 2 is 1.06 bits per heavy atom. The van der Waals surface area contributed by atoms with Gasteiger partial charge in [0.1, 0.15) is 11.5 Å². The molecular weight excluding hydrogens is 455 g/mol. The molecule has 0 unspecified atom stereocenters. The van der Waals surface area contributed by atoms with Gasteiger partial charge in [0.15, 0.2) is 0 Å². The van der Waals surface area contributed by atoms with Crippen molar-refractivity contribution in [3.63, 3.8) is 0 Å². The minimum Gasteiger partial charge on any atom is -0.507 e. The Morgan fingerprint density at radius 1 is 0.606 bits per heavy atom. The first-order valence-corrected chi connectivity index (χ1v) is 10.9. The van der Waals surface area contributed by atoms with E-state index in [-0.39, 0.29) is 11.5 Å². The number of halogens is 2. The maximum Gasteiger partial charge on any atom is 0.124 e. The Kier molecular flexibility index (Phi) is 7.08. The summed E-state index contributed by atoms with van der Waals surface area (Å²) in [6.45, 7) is 0. The van der Waals surface area contributed by atoms with Crippen molar-refractivity contribution in [2.24, 2.45) is 9.98 Å². The van der Waals surface area contributed by atoms with E-state index in [1.807, 2.05) is 48.5 Å². The maximum atomic E-state index is 10.2. The van der Waals surface area contributed by atoms with Gasteiger partial charge < -0.3 is 10.2 Å². The van der Waals surface area contributed by atoms with Crippen LogP contribution in [0.3, 0.4) is 0 Å². The van der Waals surface area contributed by atoms with Gasteiger partial charge >= 0.3 is 0 Å². The second-order valence-corrected chi connectivity index (χ2v) is 8.31. The zero-order chi connectivity index (χ0) is 23.2. The van der Waals surface area contributed by atoms with E-state index >= 15 is 0 Å². The van der Waals surface area contributed by atoms with Crippen molar-refractivity contribution in [3.8, 4) is 11.5 Å². The number of aliphatic imine (C=N–C) groups is 2. The van der Waals surface area contributed by atoms with E-state index < -0.39 is 0 Å². The van der Waals surface area contributed by atoms with Crippen molar-refractivity contribution in [1.29, 1.82) is 0 Å². The largest absolute Gasteiger partial charge is 0.507 e. The molecule has 0 amide bonds. The quantitative estimate of drug-likeness (QED) is 0.284. The van der Waals surface area contributed by atoms with Crippen molar-refractivity contribution >= 4 is 47.0 Å². The molecule has 0 atom stereocenters. The number of aromatic hydroxyl groups is 2. The van der Waals surface area contributed by atoms with Gasteiger partial charge in [-0.2, -0.15) is 0 Å². The monoisotopic (exact) mass is 474 g/mol. The predicted molar refractivity (Wildman–Crippen MR) is 136 cm³/mol. The lowest BCUT2D eigenvalue weighted by molar-refractivity contribution is 0.474. The summed E-state index contributed by atoms with van der Waals surface area (Å²) in [5.41, 5.74) is 4.60. The van der Waals surface area contributed by atoms with Crippen LogP contribution in [-0.4, -0.2) is 22.6 Å². The third-order valence-electron chi connectivity index (χ3n) is 4.91. The molecule has 6 heteroatoms. The molecule has 0 aliphatic heterocycles. The lowest BCUT2D eigenvalue weighted by Crippen LogP contribution is -1.93. The molecule has 0 saturated heterocycles. The smallest absolute Gasteiger partial charge is 0.124 e. The number of phenols is 2. The number of rotatable bonds is 6. The molecule has 33 heavy (non-hydrogen) atoms. The van der Waals surface area contributed by atoms with Gasteiger partial charge in [-0.1, -0.05) is 47.5 Å². The van der Waals surface area contributed by atoms with E-state index in [4.69, 9.17) is 23.2 Å². The van der Waals surface area contributed by atoms with Crippen LogP contribution in [0.1, 0.15) is 22.3 Å². The Morgan fingerprint density at radius 3 is 1.48 bits per heavy atom. The molecule has 0 saturated carbocycles. The fourth-order valence-electron chi connectivity index (χ4n) is 3.27. The van der Waals surface area contributed by atoms with Gasteiger partial charge in [0.25, 0.3) is 0 Å². The Hall–Kier alpha value is -3.60. The van der Waals surface area contributed by atoms with Crippen LogP contribution in [-0.2, 0) is 6.42 Å². The molecule has 164 valence electrons. The Balaban J connectivity index is 1.54. The van der Waals surface area contributed by atoms with E-state index in [2.05, 4.69) is 9.98 Å². The molecule has 0 aliphatic rings. The fraction of sp³-hybridized carbons (Fsp3) is 0.0370. The van der Waals surface area contributed by atoms with Crippen LogP contribution in [0.25, 0.3) is 0 Å². The van der Waals surface area contributed by atoms with Gasteiger partial charge in [0, 0.05) is 33.6 Å². The number of hydrogen-bond acceptors (Lipinski definition) is 4. The van der Waals surface area contributed by atoms with E-state index in [0.29, 0.717) is 39.0 Å². The van der Waals surface area contributed by atoms with E-state index in [1.165, 1.54) is 0 Å². The maximum absolute atomic E-state index is 10.2. The van der Waals surface area contributed by atoms with Gasteiger partial charge in [0.05, 0.1) is 11.4 Å². The van der Waals surface area contributed by atoms with Crippen LogP contribution >= 0.6 is 23.2 Å². The van der Waals surface area contributed by atoms with Crippen LogP contribution < -0.4 is 0 Å². The first kappa shape index (κ1) is 22.6. The molecule has 4 rings (SSSR count). The summed E-state index contributed by atoms with van der Waals surface area (Å²) in [4.78, 5) is 8.80. The SMILES string of the molecule is Oc1ccc(Cc2ccc(O)c(C=Nc3cccc(Cl)c3)c2)cc1C=Nc1cccc(Cl)c1. The molecule has 4 nitrogen and oxygen atoms in total. The van der Waals surface area contributed by atoms with Crippen molar-refractivity contribution in [1.82, 2.24) is 0 Å². The lowest BCUT2D eigenvalue weighted by atomic mass is 10.0. The Bertz CT molecular complexity index is 1250. The molecule has 0 heterocycles. The molecule has 4 aromatic rings. The highest BCUT2D eigenvalue weighted by Crippen LogP contribution is 2.24. The number of phenolic OH excluding ortho intramolecular Hbond substituents is 2. The van der Waals surface area contributed by atoms with Gasteiger partial charge in [-0.3, -0.25) is 9.98 Å². The number of benzene rings is 4. The Labute approximate surface area is 202 Å². The van der Waals surface area contributed by atoms with Crippen molar-refractivity contribution in [3.05, 3.63) is 117 Å². The predicted octanol–water partition coefficient (Wildman–Crippen LogP) is 7.50. The third kappa shape index (κ3) is 6.22. The fourth-order valence-corrected chi connectivity index (χ4v) is 3.64. The first-order chi connectivity index (χ1) is 16.0. The number of hydrogen-bond donors (Lipinski definition) is 2. The summed E-state index contributed by atoms with van der Waals surface area (Å²) in [6.07, 6.45) is 3.84. The number of nitrogens with zero attached hydrogens (tertiary/aromatic N) is 2. The summed E-state index contributed by atoms with van der Waals surface area (Å²) in [6, 6.07) is 25.2. The summed E-state index contributed by atoms with van der Waals surface area (Å²) in [5, 5.41) is 21.7. The van der Waals surface area contributed by atoms with Gasteiger partial charge in [-0.05, 0) is 78.2 Å². The molecule has 0 fully saturated rings. The van der Waals surface area contributed by atoms with E-state index in [0.717, 1.165) is 11.1 Å². The first-order valence-electron chi connectivity index (χ1n) is 10.2. The van der Waals surface area contributed by atoms with E-state index in [9.17, 15) is 10.2 Å². The summed E-state index contributed by atoms with van der Waals surface area (Å²) in [7, 11) is 0. The molecule has 0 aliphatic carbocycles. The van der Waals surface area contributed by atoms with Crippen molar-refractivity contribution in [2.75, 3.05) is 0 Å². The standard InChI is InChI=1S/C27H20Cl2N2O2/c28-22-3-1-5-24(14-22)30-16-20-12-18(7-9-26(20)32)11-19-8-10-27(33)21(13-19)17-31-25-6-2-4-23(29)15-25/h1-10,12-17,32-33H,11H2. The molecule has 0 spiro atoms. The van der Waals surface area contributed by atoms with Gasteiger partial charge in [-0.15, -0.1) is 0 Å². The van der Waals surface area contributed by atoms with Crippen LogP contribution in [0.4, 0.5) is 11.4 Å². The second-order valence-electron chi connectivity index (χ2n) is 7.44. The van der Waals surface area contributed by atoms with Crippen molar-refractivity contribution in [2.45, 2.75) is 6.42 Å². The minimum atomic E-state index is 0.143. The molecular formula is C27H20Cl2N2O2. The molecule has 0 radical (unpaired) electrons. The zero-order valence-electron chi connectivity index (χ0n) is 17.5. The van der Waals surface area contributed by atoms with Crippen LogP contribution in [0.15, 0.2) is 94.9 Å². The summed E-state index contributed by atoms with van der Waals surface area (Å²) < 4.78 is 0. The molecule has 0 aromatic heterocycles. The summed E-state index contributed by atoms with van der Waals surface area (Å²) >= 11 is 12.0. The third-order valence-corrected chi connectivity index (χ3v) is 5.38. The normalized spacial score (nSPS) is 11.5. The van der Waals surface area contributed by atoms with Crippen LogP contribution in [0.2, 0.25) is 10.0 Å². The van der Waals surface area contributed by atoms with Crippen LogP contribution in [0, 0.1) is 0 Å². The van der Waals surface area contributed by atoms with Crippen LogP contribution in [0.5, 0.6) is 11.5 Å². The van der Waals surface area contributed by atoms with Gasteiger partial charge in [0.2, 0.25) is 0 Å². The summed E-state index contributed by atoms with van der Waals surface area (Å²) in [5.74, 6) is 0.286. The highest BCUT2D eigenvalue weighted by molar-refractivity contribution is 6.31. The zero-order valence-corrected chi connectivity index (χ0v) is 19.0. The second kappa shape index (κ2) is 10.3.